The number of amides is 1. The summed E-state index contributed by atoms with van der Waals surface area (Å²) in [4.78, 5) is 39.7. The molecule has 3 atom stereocenters. The summed E-state index contributed by atoms with van der Waals surface area (Å²) in [6, 6.07) is 1.17. The lowest BCUT2D eigenvalue weighted by atomic mass is 9.85. The predicted molar refractivity (Wildman–Crippen MR) is 134 cm³/mol. The summed E-state index contributed by atoms with van der Waals surface area (Å²) in [7, 11) is 3.06. The van der Waals surface area contributed by atoms with Crippen molar-refractivity contribution in [1.29, 1.82) is 0 Å². The van der Waals surface area contributed by atoms with Crippen molar-refractivity contribution in [2.24, 2.45) is 5.92 Å². The number of hydrogen-bond acceptors (Lipinski definition) is 7. The second-order valence-corrected chi connectivity index (χ2v) is 9.77. The zero-order chi connectivity index (χ0) is 26.2. The van der Waals surface area contributed by atoms with Crippen molar-refractivity contribution in [3.63, 3.8) is 0 Å². The molecule has 0 aromatic heterocycles. The van der Waals surface area contributed by atoms with Gasteiger partial charge >= 0.3 is 11.9 Å². The van der Waals surface area contributed by atoms with Gasteiger partial charge in [-0.25, -0.2) is 4.79 Å². The highest BCUT2D eigenvalue weighted by Gasteiger charge is 2.38. The third kappa shape index (κ3) is 6.69. The third-order valence-electron chi connectivity index (χ3n) is 7.39. The van der Waals surface area contributed by atoms with Gasteiger partial charge in [-0.2, -0.15) is 0 Å². The van der Waals surface area contributed by atoms with E-state index in [1.54, 1.807) is 26.0 Å². The molecule has 1 heterocycles. The molecule has 0 bridgehead atoms. The third-order valence-corrected chi connectivity index (χ3v) is 7.39. The van der Waals surface area contributed by atoms with Crippen LogP contribution in [0, 0.1) is 5.92 Å². The highest BCUT2D eigenvalue weighted by atomic mass is 16.5. The number of aliphatic carboxylic acids is 1. The van der Waals surface area contributed by atoms with E-state index in [1.165, 1.54) is 51.2 Å². The molecule has 9 nitrogen and oxygen atoms in total. The Morgan fingerprint density at radius 1 is 1.08 bits per heavy atom. The van der Waals surface area contributed by atoms with Crippen LogP contribution in [-0.4, -0.2) is 66.8 Å². The highest BCUT2D eigenvalue weighted by Crippen LogP contribution is 2.35. The van der Waals surface area contributed by atoms with E-state index in [-0.39, 0.29) is 31.4 Å². The van der Waals surface area contributed by atoms with Crippen LogP contribution in [0.4, 0.5) is 0 Å². The van der Waals surface area contributed by atoms with E-state index in [0.29, 0.717) is 23.8 Å². The van der Waals surface area contributed by atoms with Crippen LogP contribution in [-0.2, 0) is 32.1 Å². The van der Waals surface area contributed by atoms with E-state index in [0.717, 1.165) is 17.5 Å². The SMILES string of the molecule is CCOC(=O)C(CCC1CCCCC1)NC(C)C(=O)N1Cc2cc(OC)c(OC)cc2CC1C(=O)O. The van der Waals surface area contributed by atoms with Gasteiger partial charge in [-0.05, 0) is 55.9 Å². The van der Waals surface area contributed by atoms with Crippen molar-refractivity contribution in [3.05, 3.63) is 23.3 Å². The minimum absolute atomic E-state index is 0.129. The number of carboxylic acid groups (broad SMARTS) is 1. The number of esters is 1. The Bertz CT molecular complexity index is 929. The Morgan fingerprint density at radius 2 is 1.72 bits per heavy atom. The van der Waals surface area contributed by atoms with E-state index < -0.39 is 24.1 Å². The summed E-state index contributed by atoms with van der Waals surface area (Å²) in [6.07, 6.45) is 7.70. The van der Waals surface area contributed by atoms with Gasteiger partial charge in [0.05, 0.1) is 26.9 Å². The molecule has 9 heteroatoms. The maximum absolute atomic E-state index is 13.5. The molecule has 200 valence electrons. The van der Waals surface area contributed by atoms with Crippen LogP contribution >= 0.6 is 0 Å². The number of rotatable bonds is 11. The monoisotopic (exact) mass is 504 g/mol. The molecule has 1 saturated carbocycles. The van der Waals surface area contributed by atoms with Gasteiger partial charge in [-0.15, -0.1) is 0 Å². The summed E-state index contributed by atoms with van der Waals surface area (Å²) < 4.78 is 16.0. The number of carbonyl (C=O) groups is 3. The normalized spacial score (nSPS) is 19.7. The first-order valence-electron chi connectivity index (χ1n) is 13.0. The van der Waals surface area contributed by atoms with Crippen molar-refractivity contribution in [2.75, 3.05) is 20.8 Å². The maximum atomic E-state index is 13.5. The molecule has 0 saturated heterocycles. The number of carboxylic acids is 1. The van der Waals surface area contributed by atoms with Crippen molar-refractivity contribution >= 4 is 17.8 Å². The molecule has 1 aromatic rings. The number of nitrogens with zero attached hydrogens (tertiary/aromatic N) is 1. The van der Waals surface area contributed by atoms with Crippen LogP contribution in [0.2, 0.25) is 0 Å². The molecule has 1 amide bonds. The van der Waals surface area contributed by atoms with Gasteiger partial charge in [0.2, 0.25) is 5.91 Å². The predicted octanol–water partition coefficient (Wildman–Crippen LogP) is 3.31. The number of methoxy groups -OCH3 is 2. The largest absolute Gasteiger partial charge is 0.493 e. The average molecular weight is 505 g/mol. The second kappa shape index (κ2) is 12.9. The number of nitrogens with one attached hydrogen (secondary N) is 1. The van der Waals surface area contributed by atoms with E-state index >= 15 is 0 Å². The molecular weight excluding hydrogens is 464 g/mol. The lowest BCUT2D eigenvalue weighted by molar-refractivity contribution is -0.153. The molecule has 1 aliphatic heterocycles. The first-order valence-corrected chi connectivity index (χ1v) is 13.0. The van der Waals surface area contributed by atoms with Crippen molar-refractivity contribution in [2.45, 2.75) is 89.9 Å². The second-order valence-electron chi connectivity index (χ2n) is 9.77. The molecule has 0 spiro atoms. The Balaban J connectivity index is 1.75. The molecule has 1 fully saturated rings. The zero-order valence-electron chi connectivity index (χ0n) is 21.9. The van der Waals surface area contributed by atoms with Gasteiger partial charge in [0.1, 0.15) is 12.1 Å². The average Bonchev–Trinajstić information content (AvgIpc) is 2.89. The van der Waals surface area contributed by atoms with E-state index in [2.05, 4.69) is 5.32 Å². The lowest BCUT2D eigenvalue weighted by Gasteiger charge is -2.37. The molecule has 3 unspecified atom stereocenters. The smallest absolute Gasteiger partial charge is 0.326 e. The van der Waals surface area contributed by atoms with Crippen LogP contribution in [0.15, 0.2) is 12.1 Å². The van der Waals surface area contributed by atoms with Gasteiger partial charge < -0.3 is 24.2 Å². The molecule has 1 aliphatic carbocycles. The number of ether oxygens (including phenoxy) is 3. The first-order chi connectivity index (χ1) is 17.3. The maximum Gasteiger partial charge on any atom is 0.326 e. The summed E-state index contributed by atoms with van der Waals surface area (Å²) in [5, 5.41) is 13.1. The molecule has 1 aromatic carbocycles. The van der Waals surface area contributed by atoms with Crippen LogP contribution in [0.1, 0.15) is 69.9 Å². The van der Waals surface area contributed by atoms with Gasteiger partial charge in [-0.1, -0.05) is 32.1 Å². The van der Waals surface area contributed by atoms with Gasteiger partial charge in [0.15, 0.2) is 11.5 Å². The van der Waals surface area contributed by atoms with Crippen LogP contribution < -0.4 is 14.8 Å². The van der Waals surface area contributed by atoms with Crippen molar-refractivity contribution < 1.29 is 33.7 Å². The van der Waals surface area contributed by atoms with Crippen LogP contribution in [0.25, 0.3) is 0 Å². The van der Waals surface area contributed by atoms with E-state index in [1.807, 2.05) is 0 Å². The standard InChI is InChI=1S/C27H40N2O7/c1-5-36-27(33)21(12-11-18-9-7-6-8-10-18)28-17(2)25(30)29-16-20-15-24(35-4)23(34-3)14-19(20)13-22(29)26(31)32/h14-15,17-18,21-22,28H,5-13,16H2,1-4H3,(H,31,32). The minimum atomic E-state index is -1.07. The Morgan fingerprint density at radius 3 is 2.31 bits per heavy atom. The molecule has 3 rings (SSSR count). The van der Waals surface area contributed by atoms with Crippen LogP contribution in [0.5, 0.6) is 11.5 Å². The Kier molecular flexibility index (Phi) is 9.98. The fraction of sp³-hybridized carbons (Fsp3) is 0.667. The van der Waals surface area contributed by atoms with Crippen molar-refractivity contribution in [1.82, 2.24) is 10.2 Å². The molecule has 2 N–H and O–H groups in total. The number of carbonyl (C=O) groups excluding carboxylic acids is 2. The van der Waals surface area contributed by atoms with Crippen molar-refractivity contribution in [3.8, 4) is 11.5 Å². The zero-order valence-corrected chi connectivity index (χ0v) is 21.9. The Labute approximate surface area is 213 Å². The number of fused-ring (bicyclic) bond motifs is 1. The summed E-state index contributed by atoms with van der Waals surface area (Å²) in [5.74, 6) is -0.182. The minimum Gasteiger partial charge on any atom is -0.493 e. The molecule has 36 heavy (non-hydrogen) atoms. The van der Waals surface area contributed by atoms with Gasteiger partial charge in [0.25, 0.3) is 0 Å². The summed E-state index contributed by atoms with van der Waals surface area (Å²) in [5.41, 5.74) is 1.62. The van der Waals surface area contributed by atoms with E-state index in [9.17, 15) is 19.5 Å². The van der Waals surface area contributed by atoms with E-state index in [4.69, 9.17) is 14.2 Å². The summed E-state index contributed by atoms with van der Waals surface area (Å²) in [6.45, 7) is 3.83. The summed E-state index contributed by atoms with van der Waals surface area (Å²) >= 11 is 0. The molecule has 0 radical (unpaired) electrons. The fourth-order valence-corrected chi connectivity index (χ4v) is 5.38. The number of hydrogen-bond donors (Lipinski definition) is 2. The number of benzene rings is 1. The first kappa shape index (κ1) is 27.8. The van der Waals surface area contributed by atoms with Crippen LogP contribution in [0.3, 0.4) is 0 Å². The topological polar surface area (TPSA) is 114 Å². The fourth-order valence-electron chi connectivity index (χ4n) is 5.38. The quantitative estimate of drug-likeness (QED) is 0.441. The molecule has 2 aliphatic rings. The van der Waals surface area contributed by atoms with Gasteiger partial charge in [-0.3, -0.25) is 14.9 Å². The lowest BCUT2D eigenvalue weighted by Crippen LogP contribution is -2.56. The Hall–Kier alpha value is -2.81. The highest BCUT2D eigenvalue weighted by molar-refractivity contribution is 5.88. The van der Waals surface area contributed by atoms with Gasteiger partial charge in [0, 0.05) is 13.0 Å². The molecular formula is C27H40N2O7.